The Labute approximate surface area is 114 Å². The van der Waals surface area contributed by atoms with Gasteiger partial charge in [-0.1, -0.05) is 19.8 Å². The van der Waals surface area contributed by atoms with Crippen LogP contribution in [-0.2, 0) is 0 Å². The number of nitrogens with zero attached hydrogens (tertiary/aromatic N) is 1. The summed E-state index contributed by atoms with van der Waals surface area (Å²) in [4.78, 5) is 4.85. The van der Waals surface area contributed by atoms with Crippen LogP contribution < -0.4 is 15.8 Å². The van der Waals surface area contributed by atoms with E-state index in [1.807, 2.05) is 18.2 Å². The fraction of sp³-hybridized carbons (Fsp3) is 0.533. The van der Waals surface area contributed by atoms with Gasteiger partial charge in [0.25, 0.3) is 0 Å². The Morgan fingerprint density at radius 1 is 1.32 bits per heavy atom. The Bertz CT molecular complexity index is 498. The number of aliphatic imine (C=N–C) groups is 1. The van der Waals surface area contributed by atoms with Crippen molar-refractivity contribution in [1.82, 2.24) is 0 Å². The van der Waals surface area contributed by atoms with E-state index in [9.17, 15) is 0 Å². The minimum absolute atomic E-state index is 0.440. The van der Waals surface area contributed by atoms with Crippen molar-refractivity contribution >= 4 is 17.2 Å². The number of hydrogen-bond acceptors (Lipinski definition) is 3. The fourth-order valence-electron chi connectivity index (χ4n) is 2.86. The molecule has 0 aromatic heterocycles. The summed E-state index contributed by atoms with van der Waals surface area (Å²) in [6.45, 7) is 2.81. The molecule has 2 unspecified atom stereocenters. The van der Waals surface area contributed by atoms with E-state index < -0.39 is 0 Å². The molecule has 1 saturated carbocycles. The van der Waals surface area contributed by atoms with Crippen LogP contribution in [0.4, 0.5) is 11.4 Å². The minimum atomic E-state index is 0.440. The first-order valence-electron chi connectivity index (χ1n) is 7.08. The van der Waals surface area contributed by atoms with Crippen LogP contribution in [0.15, 0.2) is 23.2 Å². The molecule has 1 aliphatic heterocycles. The molecule has 0 bridgehead atoms. The van der Waals surface area contributed by atoms with Crippen molar-refractivity contribution in [2.75, 3.05) is 17.7 Å². The largest absolute Gasteiger partial charge is 0.483 e. The standard InChI is InChI=1S/C15H21N3O/c1-10-4-2-3-5-12(10)17-15-9-19-14-8-11(16)6-7-13(14)18-15/h6-8,10,12H,2-5,9,16H2,1H3,(H,17,18). The van der Waals surface area contributed by atoms with E-state index in [-0.39, 0.29) is 0 Å². The van der Waals surface area contributed by atoms with Gasteiger partial charge >= 0.3 is 0 Å². The van der Waals surface area contributed by atoms with E-state index in [0.29, 0.717) is 18.6 Å². The number of rotatable bonds is 1. The Morgan fingerprint density at radius 3 is 3.00 bits per heavy atom. The van der Waals surface area contributed by atoms with Crippen LogP contribution in [0.1, 0.15) is 32.6 Å². The van der Waals surface area contributed by atoms with E-state index in [2.05, 4.69) is 12.2 Å². The number of anilines is 2. The molecule has 4 nitrogen and oxygen atoms in total. The second-order valence-electron chi connectivity index (χ2n) is 5.57. The molecule has 4 heteroatoms. The van der Waals surface area contributed by atoms with Crippen LogP contribution in [0.3, 0.4) is 0 Å². The van der Waals surface area contributed by atoms with Gasteiger partial charge in [-0.25, -0.2) is 0 Å². The lowest BCUT2D eigenvalue weighted by Gasteiger charge is -2.28. The number of amidine groups is 1. The molecule has 3 rings (SSSR count). The lowest BCUT2D eigenvalue weighted by atomic mass is 9.86. The van der Waals surface area contributed by atoms with Gasteiger partial charge < -0.3 is 15.8 Å². The van der Waals surface area contributed by atoms with Crippen molar-refractivity contribution in [3.8, 4) is 5.75 Å². The molecule has 1 aromatic rings. The van der Waals surface area contributed by atoms with Gasteiger partial charge in [-0.2, -0.15) is 0 Å². The molecular formula is C15H21N3O. The highest BCUT2D eigenvalue weighted by Gasteiger charge is 2.22. The third-order valence-electron chi connectivity index (χ3n) is 4.04. The zero-order valence-corrected chi connectivity index (χ0v) is 11.4. The fourth-order valence-corrected chi connectivity index (χ4v) is 2.86. The third-order valence-corrected chi connectivity index (χ3v) is 4.04. The number of fused-ring (bicyclic) bond motifs is 1. The minimum Gasteiger partial charge on any atom is -0.483 e. The van der Waals surface area contributed by atoms with E-state index in [1.54, 1.807) is 0 Å². The van der Waals surface area contributed by atoms with Crippen molar-refractivity contribution in [2.45, 2.75) is 38.6 Å². The van der Waals surface area contributed by atoms with Gasteiger partial charge in [0, 0.05) is 11.8 Å². The summed E-state index contributed by atoms with van der Waals surface area (Å²) in [7, 11) is 0. The Balaban J connectivity index is 1.76. The smallest absolute Gasteiger partial charge is 0.146 e. The molecule has 0 amide bonds. The predicted molar refractivity (Wildman–Crippen MR) is 78.8 cm³/mol. The number of hydrogen-bond donors (Lipinski definition) is 2. The molecule has 0 radical (unpaired) electrons. The summed E-state index contributed by atoms with van der Waals surface area (Å²) in [5.74, 6) is 2.43. The number of nitrogens with two attached hydrogens (primary N) is 1. The van der Waals surface area contributed by atoms with E-state index in [1.165, 1.54) is 25.7 Å². The van der Waals surface area contributed by atoms with Crippen LogP contribution >= 0.6 is 0 Å². The summed E-state index contributed by atoms with van der Waals surface area (Å²) >= 11 is 0. The maximum Gasteiger partial charge on any atom is 0.146 e. The molecule has 1 heterocycles. The molecular weight excluding hydrogens is 238 g/mol. The quantitative estimate of drug-likeness (QED) is 0.762. The normalized spacial score (nSPS) is 28.4. The highest BCUT2D eigenvalue weighted by Crippen LogP contribution is 2.31. The Morgan fingerprint density at radius 2 is 2.16 bits per heavy atom. The lowest BCUT2D eigenvalue weighted by molar-refractivity contribution is 0.327. The summed E-state index contributed by atoms with van der Waals surface area (Å²) in [5.41, 5.74) is 7.43. The molecule has 1 aromatic carbocycles. The van der Waals surface area contributed by atoms with Crippen LogP contribution in [0, 0.1) is 5.92 Å². The van der Waals surface area contributed by atoms with Crippen molar-refractivity contribution in [3.63, 3.8) is 0 Å². The molecule has 1 aliphatic carbocycles. The average Bonchev–Trinajstić information content (AvgIpc) is 2.41. The molecule has 1 fully saturated rings. The molecule has 0 spiro atoms. The summed E-state index contributed by atoms with van der Waals surface area (Å²) in [6, 6.07) is 6.11. The Kier molecular flexibility index (Phi) is 3.32. The van der Waals surface area contributed by atoms with E-state index in [4.69, 9.17) is 15.5 Å². The number of nitrogen functional groups attached to an aromatic ring is 1. The molecule has 2 aliphatic rings. The summed E-state index contributed by atoms with van der Waals surface area (Å²) in [5, 5.41) is 3.36. The molecule has 3 N–H and O–H groups in total. The van der Waals surface area contributed by atoms with Crippen LogP contribution in [0.25, 0.3) is 0 Å². The second kappa shape index (κ2) is 5.11. The number of nitrogens with one attached hydrogen (secondary N) is 1. The highest BCUT2D eigenvalue weighted by atomic mass is 16.5. The monoisotopic (exact) mass is 259 g/mol. The van der Waals surface area contributed by atoms with Gasteiger partial charge in [0.1, 0.15) is 18.2 Å². The van der Waals surface area contributed by atoms with Crippen LogP contribution in [-0.4, -0.2) is 18.5 Å². The molecule has 2 atom stereocenters. The zero-order valence-electron chi connectivity index (χ0n) is 11.4. The van der Waals surface area contributed by atoms with Crippen LogP contribution in [0.5, 0.6) is 5.75 Å². The Hall–Kier alpha value is -1.71. The lowest BCUT2D eigenvalue weighted by Crippen LogP contribution is -2.30. The third kappa shape index (κ3) is 2.67. The van der Waals surface area contributed by atoms with Crippen molar-refractivity contribution < 1.29 is 4.74 Å². The van der Waals surface area contributed by atoms with E-state index in [0.717, 1.165) is 23.0 Å². The van der Waals surface area contributed by atoms with Gasteiger partial charge in [0.15, 0.2) is 0 Å². The van der Waals surface area contributed by atoms with Gasteiger partial charge in [-0.05, 0) is 30.9 Å². The van der Waals surface area contributed by atoms with Gasteiger partial charge in [-0.15, -0.1) is 0 Å². The average molecular weight is 259 g/mol. The second-order valence-corrected chi connectivity index (χ2v) is 5.57. The maximum absolute atomic E-state index is 5.75. The van der Waals surface area contributed by atoms with E-state index >= 15 is 0 Å². The van der Waals surface area contributed by atoms with Gasteiger partial charge in [0.2, 0.25) is 0 Å². The summed E-state index contributed by atoms with van der Waals surface area (Å²) in [6.07, 6.45) is 5.12. The van der Waals surface area contributed by atoms with Crippen molar-refractivity contribution in [2.24, 2.45) is 10.9 Å². The van der Waals surface area contributed by atoms with Gasteiger partial charge in [-0.3, -0.25) is 4.99 Å². The SMILES string of the molecule is CC1CCCCC1N=C1COc2cc(N)ccc2N1. The molecule has 19 heavy (non-hydrogen) atoms. The maximum atomic E-state index is 5.75. The van der Waals surface area contributed by atoms with Crippen LogP contribution in [0.2, 0.25) is 0 Å². The molecule has 102 valence electrons. The molecule has 0 saturated heterocycles. The summed E-state index contributed by atoms with van der Waals surface area (Å²) < 4.78 is 5.72. The topological polar surface area (TPSA) is 59.6 Å². The number of benzene rings is 1. The predicted octanol–water partition coefficient (Wildman–Crippen LogP) is 3.05. The number of ether oxygens (including phenoxy) is 1. The van der Waals surface area contributed by atoms with Crippen molar-refractivity contribution in [3.05, 3.63) is 18.2 Å². The highest BCUT2D eigenvalue weighted by molar-refractivity contribution is 5.99. The first kappa shape index (κ1) is 12.3. The zero-order chi connectivity index (χ0) is 13.2. The van der Waals surface area contributed by atoms with Gasteiger partial charge in [0.05, 0.1) is 11.7 Å². The first-order chi connectivity index (χ1) is 9.22. The first-order valence-corrected chi connectivity index (χ1v) is 7.08. The van der Waals surface area contributed by atoms with Crippen molar-refractivity contribution in [1.29, 1.82) is 0 Å².